The zero-order chi connectivity index (χ0) is 6.78. The average molecular weight is 204 g/mol. The Hall–Kier alpha value is 0.589. The van der Waals surface area contributed by atoms with Crippen LogP contribution in [0.25, 0.3) is 0 Å². The summed E-state index contributed by atoms with van der Waals surface area (Å²) in [5.41, 5.74) is 0. The number of hydrogen-bond acceptors (Lipinski definition) is 5. The fraction of sp³-hybridized carbons (Fsp3) is 1.00. The molecule has 0 aromatic rings. The Labute approximate surface area is 62.7 Å². The maximum Gasteiger partial charge on any atom is 2.00 e. The molecule has 0 bridgehead atoms. The smallest absolute Gasteiger partial charge is 0.790 e. The van der Waals surface area contributed by atoms with Crippen molar-refractivity contribution in [3.63, 3.8) is 0 Å². The molecule has 0 heterocycles. The van der Waals surface area contributed by atoms with Crippen LogP contribution in [0.15, 0.2) is 0 Å². The Kier molecular flexibility index (Phi) is 6.02. The molecule has 59 valence electrons. The molecule has 0 aromatic heterocycles. The SMILES string of the molecule is CC(O)OP(=O)([O-])[O-].[Cu+2]. The fourth-order valence-electron chi connectivity index (χ4n) is 0.187. The molecule has 1 N–H and O–H groups in total. The molecular weight excluding hydrogens is 199 g/mol. The molecule has 9 heavy (non-hydrogen) atoms. The van der Waals surface area contributed by atoms with E-state index in [1.807, 2.05) is 0 Å². The molecule has 5 nitrogen and oxygen atoms in total. The van der Waals surface area contributed by atoms with Gasteiger partial charge in [-0.25, -0.2) is 0 Å². The summed E-state index contributed by atoms with van der Waals surface area (Å²) in [7, 11) is -4.97. The monoisotopic (exact) mass is 203 g/mol. The van der Waals surface area contributed by atoms with Crippen molar-refractivity contribution in [1.82, 2.24) is 0 Å². The van der Waals surface area contributed by atoms with Crippen molar-refractivity contribution in [3.05, 3.63) is 0 Å². The molecule has 0 aliphatic heterocycles. The first-order valence-corrected chi connectivity index (χ1v) is 3.26. The first-order chi connectivity index (χ1) is 3.42. The van der Waals surface area contributed by atoms with Crippen LogP contribution < -0.4 is 9.79 Å². The number of phosphoric acid groups is 1. The molecule has 0 rings (SSSR count). The van der Waals surface area contributed by atoms with Crippen LogP contribution in [0.5, 0.6) is 0 Å². The second kappa shape index (κ2) is 4.41. The number of hydrogen-bond donors (Lipinski definition) is 1. The van der Waals surface area contributed by atoms with Gasteiger partial charge >= 0.3 is 17.1 Å². The summed E-state index contributed by atoms with van der Waals surface area (Å²) < 4.78 is 13.0. The van der Waals surface area contributed by atoms with Crippen molar-refractivity contribution in [2.24, 2.45) is 0 Å². The second-order valence-electron chi connectivity index (χ2n) is 1.15. The summed E-state index contributed by atoms with van der Waals surface area (Å²) in [6.07, 6.45) is -1.55. The molecule has 1 atom stereocenters. The molecule has 1 unspecified atom stereocenters. The number of aliphatic hydroxyl groups is 1. The van der Waals surface area contributed by atoms with Gasteiger partial charge in [0, 0.05) is 0 Å². The summed E-state index contributed by atoms with van der Waals surface area (Å²) in [4.78, 5) is 19.1. The Morgan fingerprint density at radius 2 is 2.00 bits per heavy atom. The molecule has 0 spiro atoms. The van der Waals surface area contributed by atoms with Gasteiger partial charge in [0.15, 0.2) is 6.29 Å². The van der Waals surface area contributed by atoms with Gasteiger partial charge in [-0.3, -0.25) is 0 Å². The normalized spacial score (nSPS) is 14.2. The minimum atomic E-state index is -4.97. The van der Waals surface area contributed by atoms with Gasteiger partial charge < -0.3 is 24.0 Å². The number of phosphoric ester groups is 1. The Bertz CT molecular complexity index is 108. The van der Waals surface area contributed by atoms with Gasteiger partial charge in [0.25, 0.3) is 0 Å². The maximum atomic E-state index is 9.53. The van der Waals surface area contributed by atoms with E-state index in [0.717, 1.165) is 6.92 Å². The Balaban J connectivity index is 0. The minimum absolute atomic E-state index is 0. The predicted molar refractivity (Wildman–Crippen MR) is 20.4 cm³/mol. The van der Waals surface area contributed by atoms with Crippen molar-refractivity contribution in [3.8, 4) is 0 Å². The van der Waals surface area contributed by atoms with Gasteiger partial charge in [0.1, 0.15) is 0 Å². The van der Waals surface area contributed by atoms with E-state index in [1.165, 1.54) is 0 Å². The van der Waals surface area contributed by atoms with E-state index in [2.05, 4.69) is 4.52 Å². The fourth-order valence-corrected chi connectivity index (χ4v) is 0.561. The summed E-state index contributed by atoms with van der Waals surface area (Å²) in [5, 5.41) is 8.09. The first kappa shape index (κ1) is 12.3. The van der Waals surface area contributed by atoms with E-state index < -0.39 is 14.1 Å². The van der Waals surface area contributed by atoms with Crippen molar-refractivity contribution >= 4 is 7.82 Å². The van der Waals surface area contributed by atoms with Gasteiger partial charge in [0.2, 0.25) is 0 Å². The van der Waals surface area contributed by atoms with Crippen LogP contribution >= 0.6 is 7.82 Å². The van der Waals surface area contributed by atoms with Gasteiger partial charge in [-0.1, -0.05) is 0 Å². The van der Waals surface area contributed by atoms with E-state index in [1.54, 1.807) is 0 Å². The molecule has 0 aromatic carbocycles. The zero-order valence-corrected chi connectivity index (χ0v) is 6.24. The van der Waals surface area contributed by atoms with Crippen LogP contribution in [0.2, 0.25) is 0 Å². The molecule has 1 radical (unpaired) electrons. The van der Waals surface area contributed by atoms with Gasteiger partial charge in [-0.15, -0.1) is 0 Å². The van der Waals surface area contributed by atoms with E-state index in [4.69, 9.17) is 5.11 Å². The van der Waals surface area contributed by atoms with Gasteiger partial charge in [-0.05, 0) is 6.92 Å². The van der Waals surface area contributed by atoms with Crippen LogP contribution in [0.4, 0.5) is 0 Å². The average Bonchev–Trinajstić information content (AvgIpc) is 1.21. The predicted octanol–water partition coefficient (Wildman–Crippen LogP) is -1.83. The number of rotatable bonds is 2. The summed E-state index contributed by atoms with van der Waals surface area (Å²) in [6.45, 7) is 1.03. The van der Waals surface area contributed by atoms with E-state index in [-0.39, 0.29) is 17.1 Å². The first-order valence-electron chi connectivity index (χ1n) is 1.80. The van der Waals surface area contributed by atoms with Crippen LogP contribution in [0.1, 0.15) is 6.92 Å². The second-order valence-corrected chi connectivity index (χ2v) is 2.26. The largest absolute Gasteiger partial charge is 2.00 e. The van der Waals surface area contributed by atoms with Crippen LogP contribution in [0.3, 0.4) is 0 Å². The molecule has 0 amide bonds. The van der Waals surface area contributed by atoms with E-state index in [9.17, 15) is 14.4 Å². The summed E-state index contributed by atoms with van der Waals surface area (Å²) in [6, 6.07) is 0. The standard InChI is InChI=1S/C2H7O5P.Cu/c1-2(3)7-8(4,5)6;/h2-3H,1H3,(H2,4,5,6);/q;+2/p-2. The maximum absolute atomic E-state index is 9.53. The summed E-state index contributed by atoms with van der Waals surface area (Å²) >= 11 is 0. The molecule has 0 fully saturated rings. The molecule has 0 saturated heterocycles. The quantitative estimate of drug-likeness (QED) is 0.324. The van der Waals surface area contributed by atoms with E-state index in [0.29, 0.717) is 0 Å². The van der Waals surface area contributed by atoms with Crippen LogP contribution in [-0.2, 0) is 26.2 Å². The Morgan fingerprint density at radius 1 is 1.67 bits per heavy atom. The van der Waals surface area contributed by atoms with Gasteiger partial charge in [-0.2, -0.15) is 0 Å². The third-order valence-corrected chi connectivity index (χ3v) is 0.845. The topological polar surface area (TPSA) is 92.7 Å². The Morgan fingerprint density at radius 3 is 2.00 bits per heavy atom. The zero-order valence-electron chi connectivity index (χ0n) is 4.41. The molecule has 0 aliphatic carbocycles. The molecule has 0 aliphatic rings. The third-order valence-electron chi connectivity index (χ3n) is 0.282. The molecule has 7 heteroatoms. The van der Waals surface area contributed by atoms with Crippen molar-refractivity contribution in [2.45, 2.75) is 13.2 Å². The van der Waals surface area contributed by atoms with Crippen molar-refractivity contribution in [1.29, 1.82) is 0 Å². The van der Waals surface area contributed by atoms with Crippen molar-refractivity contribution < 1.29 is 41.1 Å². The minimum Gasteiger partial charge on any atom is -0.790 e. The molecular formula is C2H5CuO5P. The third kappa shape index (κ3) is 11.9. The van der Waals surface area contributed by atoms with Crippen LogP contribution in [-0.4, -0.2) is 11.4 Å². The van der Waals surface area contributed by atoms with Gasteiger partial charge in [0.05, 0.1) is 7.82 Å². The summed E-state index contributed by atoms with van der Waals surface area (Å²) in [5.74, 6) is 0. The van der Waals surface area contributed by atoms with Crippen molar-refractivity contribution in [2.75, 3.05) is 0 Å². The van der Waals surface area contributed by atoms with Crippen LogP contribution in [0, 0.1) is 0 Å². The number of aliphatic hydroxyl groups excluding tert-OH is 1. The van der Waals surface area contributed by atoms with E-state index >= 15 is 0 Å². The molecule has 0 saturated carbocycles.